The monoisotopic (exact) mass is 316 g/mol. The van der Waals surface area contributed by atoms with Crippen molar-refractivity contribution < 1.29 is 9.53 Å². The van der Waals surface area contributed by atoms with Gasteiger partial charge in [0.2, 0.25) is 0 Å². The fourth-order valence-corrected chi connectivity index (χ4v) is 3.37. The van der Waals surface area contributed by atoms with Gasteiger partial charge in [-0.1, -0.05) is 0 Å². The van der Waals surface area contributed by atoms with Gasteiger partial charge < -0.3 is 19.2 Å². The van der Waals surface area contributed by atoms with Gasteiger partial charge >= 0.3 is 0 Å². The van der Waals surface area contributed by atoms with Gasteiger partial charge in [0, 0.05) is 37.4 Å². The number of amides is 1. The maximum absolute atomic E-state index is 12.8. The summed E-state index contributed by atoms with van der Waals surface area (Å²) in [5.74, 6) is 0.813. The average molecular weight is 316 g/mol. The number of aromatic amines is 1. The van der Waals surface area contributed by atoms with E-state index in [0.717, 1.165) is 48.8 Å². The van der Waals surface area contributed by atoms with E-state index < -0.39 is 0 Å². The van der Waals surface area contributed by atoms with Crippen LogP contribution >= 0.6 is 0 Å². The predicted molar refractivity (Wildman–Crippen MR) is 87.4 cm³/mol. The Bertz CT molecular complexity index is 669. The van der Waals surface area contributed by atoms with Crippen molar-refractivity contribution in [2.75, 3.05) is 20.3 Å². The van der Waals surface area contributed by atoms with Crippen molar-refractivity contribution in [2.24, 2.45) is 0 Å². The highest BCUT2D eigenvalue weighted by molar-refractivity contribution is 5.95. The van der Waals surface area contributed by atoms with Crippen molar-refractivity contribution in [1.82, 2.24) is 19.4 Å². The third kappa shape index (κ3) is 3.17. The zero-order valence-corrected chi connectivity index (χ0v) is 14.0. The van der Waals surface area contributed by atoms with E-state index in [2.05, 4.69) is 21.5 Å². The van der Waals surface area contributed by atoms with Gasteiger partial charge in [0.15, 0.2) is 0 Å². The van der Waals surface area contributed by atoms with Crippen LogP contribution in [0.15, 0.2) is 18.5 Å². The molecule has 23 heavy (non-hydrogen) atoms. The van der Waals surface area contributed by atoms with E-state index in [0.29, 0.717) is 12.6 Å². The minimum Gasteiger partial charge on any atom is -0.379 e. The third-order valence-electron chi connectivity index (χ3n) is 4.50. The topological polar surface area (TPSA) is 63.2 Å². The predicted octanol–water partition coefficient (Wildman–Crippen LogP) is 2.45. The first-order chi connectivity index (χ1) is 11.1. The van der Waals surface area contributed by atoms with Crippen molar-refractivity contribution in [3.8, 4) is 0 Å². The highest BCUT2D eigenvalue weighted by Gasteiger charge is 2.24. The van der Waals surface area contributed by atoms with E-state index in [-0.39, 0.29) is 5.91 Å². The first kappa shape index (κ1) is 15.8. The van der Waals surface area contributed by atoms with Crippen LogP contribution in [0.25, 0.3) is 0 Å². The zero-order chi connectivity index (χ0) is 16.4. The molecule has 6 nitrogen and oxygen atoms in total. The fourth-order valence-electron chi connectivity index (χ4n) is 3.37. The van der Waals surface area contributed by atoms with Crippen LogP contribution in [-0.4, -0.2) is 45.6 Å². The molecule has 3 rings (SSSR count). The third-order valence-corrected chi connectivity index (χ3v) is 4.50. The molecule has 1 unspecified atom stereocenters. The molecule has 1 saturated heterocycles. The summed E-state index contributed by atoms with van der Waals surface area (Å²) in [7, 11) is 1.81. The molecule has 0 spiro atoms. The smallest absolute Gasteiger partial charge is 0.255 e. The summed E-state index contributed by atoms with van der Waals surface area (Å²) >= 11 is 0. The molecule has 0 radical (unpaired) electrons. The molecule has 1 N–H and O–H groups in total. The molecule has 1 aliphatic rings. The number of nitrogens with zero attached hydrogens (tertiary/aromatic N) is 3. The number of aromatic nitrogens is 3. The number of ether oxygens (including phenoxy) is 1. The summed E-state index contributed by atoms with van der Waals surface area (Å²) in [6.45, 7) is 6.13. The molecule has 1 fully saturated rings. The lowest BCUT2D eigenvalue weighted by Gasteiger charge is -2.26. The quantitative estimate of drug-likeness (QED) is 0.942. The first-order valence-corrected chi connectivity index (χ1v) is 8.08. The van der Waals surface area contributed by atoms with Crippen LogP contribution in [0.1, 0.15) is 46.5 Å². The molecule has 0 aliphatic carbocycles. The molecular weight excluding hydrogens is 292 g/mol. The molecule has 0 saturated carbocycles. The number of hydrogen-bond acceptors (Lipinski definition) is 3. The number of rotatable bonds is 4. The molecule has 1 aliphatic heterocycles. The van der Waals surface area contributed by atoms with Gasteiger partial charge in [0.05, 0.1) is 24.8 Å². The Labute approximate surface area is 136 Å². The Balaban J connectivity index is 1.80. The summed E-state index contributed by atoms with van der Waals surface area (Å²) in [6.07, 6.45) is 5.64. The number of carbonyl (C=O) groups is 1. The molecule has 3 heterocycles. The molecule has 1 atom stereocenters. The van der Waals surface area contributed by atoms with E-state index in [4.69, 9.17) is 4.74 Å². The lowest BCUT2D eigenvalue weighted by atomic mass is 10.1. The van der Waals surface area contributed by atoms with Crippen LogP contribution in [0.4, 0.5) is 0 Å². The summed E-state index contributed by atoms with van der Waals surface area (Å²) in [5, 5.41) is 0. The highest BCUT2D eigenvalue weighted by atomic mass is 16.5. The SMILES string of the molecule is Cc1cc(C(=O)N(C)Cc2ncc[nH]2)c(C)n1C1CCCOC1. The number of hydrogen-bond donors (Lipinski definition) is 1. The summed E-state index contributed by atoms with van der Waals surface area (Å²) in [5.41, 5.74) is 2.91. The maximum Gasteiger partial charge on any atom is 0.255 e. The van der Waals surface area contributed by atoms with Crippen molar-refractivity contribution in [2.45, 2.75) is 39.3 Å². The molecule has 2 aromatic rings. The van der Waals surface area contributed by atoms with Crippen molar-refractivity contribution >= 4 is 5.91 Å². The molecule has 0 bridgehead atoms. The largest absolute Gasteiger partial charge is 0.379 e. The molecule has 6 heteroatoms. The van der Waals surface area contributed by atoms with Crippen LogP contribution < -0.4 is 0 Å². The van der Waals surface area contributed by atoms with Crippen molar-refractivity contribution in [3.05, 3.63) is 41.2 Å². The summed E-state index contributed by atoms with van der Waals surface area (Å²) in [4.78, 5) is 21.7. The Morgan fingerprint density at radius 3 is 3.00 bits per heavy atom. The van der Waals surface area contributed by atoms with Crippen LogP contribution in [0, 0.1) is 13.8 Å². The Kier molecular flexibility index (Phi) is 4.52. The molecule has 0 aromatic carbocycles. The number of imidazole rings is 1. The summed E-state index contributed by atoms with van der Waals surface area (Å²) < 4.78 is 7.86. The van der Waals surface area contributed by atoms with Gasteiger partial charge in [-0.25, -0.2) is 4.98 Å². The van der Waals surface area contributed by atoms with E-state index in [1.807, 2.05) is 13.0 Å². The van der Waals surface area contributed by atoms with Crippen LogP contribution in [-0.2, 0) is 11.3 Å². The van der Waals surface area contributed by atoms with E-state index in [1.54, 1.807) is 24.3 Å². The Morgan fingerprint density at radius 2 is 2.35 bits per heavy atom. The second kappa shape index (κ2) is 6.58. The first-order valence-electron chi connectivity index (χ1n) is 8.08. The highest BCUT2D eigenvalue weighted by Crippen LogP contribution is 2.27. The van der Waals surface area contributed by atoms with E-state index in [1.165, 1.54) is 0 Å². The number of aryl methyl sites for hydroxylation is 1. The normalized spacial score (nSPS) is 18.1. The van der Waals surface area contributed by atoms with Gasteiger partial charge in [-0.15, -0.1) is 0 Å². The molecular formula is C17H24N4O2. The van der Waals surface area contributed by atoms with Gasteiger partial charge in [-0.2, -0.15) is 0 Å². The average Bonchev–Trinajstić information content (AvgIpc) is 3.15. The van der Waals surface area contributed by atoms with Crippen LogP contribution in [0.3, 0.4) is 0 Å². The van der Waals surface area contributed by atoms with E-state index in [9.17, 15) is 4.79 Å². The van der Waals surface area contributed by atoms with Crippen LogP contribution in [0.2, 0.25) is 0 Å². The number of nitrogens with one attached hydrogen (secondary N) is 1. The summed E-state index contributed by atoms with van der Waals surface area (Å²) in [6, 6.07) is 2.32. The lowest BCUT2D eigenvalue weighted by molar-refractivity contribution is 0.0578. The standard InChI is InChI=1S/C17H24N4O2/c1-12-9-15(13(2)21(12)14-5-4-8-23-11-14)17(22)20(3)10-16-18-6-7-19-16/h6-7,9,14H,4-5,8,10-11H2,1-3H3,(H,18,19). The molecule has 1 amide bonds. The van der Waals surface area contributed by atoms with Gasteiger partial charge in [0.1, 0.15) is 5.82 Å². The second-order valence-electron chi connectivity index (χ2n) is 6.22. The Hall–Kier alpha value is -2.08. The Morgan fingerprint density at radius 1 is 1.52 bits per heavy atom. The van der Waals surface area contributed by atoms with Crippen molar-refractivity contribution in [3.63, 3.8) is 0 Å². The fraction of sp³-hybridized carbons (Fsp3) is 0.529. The molecule has 124 valence electrons. The van der Waals surface area contributed by atoms with E-state index >= 15 is 0 Å². The minimum absolute atomic E-state index is 0.0254. The zero-order valence-electron chi connectivity index (χ0n) is 14.0. The van der Waals surface area contributed by atoms with Gasteiger partial charge in [0.25, 0.3) is 5.91 Å². The van der Waals surface area contributed by atoms with Crippen molar-refractivity contribution in [1.29, 1.82) is 0 Å². The van der Waals surface area contributed by atoms with Gasteiger partial charge in [-0.3, -0.25) is 4.79 Å². The number of carbonyl (C=O) groups excluding carboxylic acids is 1. The van der Waals surface area contributed by atoms with Crippen LogP contribution in [0.5, 0.6) is 0 Å². The van der Waals surface area contributed by atoms with Gasteiger partial charge in [-0.05, 0) is 32.8 Å². The second-order valence-corrected chi connectivity index (χ2v) is 6.22. The molecule has 2 aromatic heterocycles. The minimum atomic E-state index is 0.0254. The maximum atomic E-state index is 12.8. The number of H-pyrrole nitrogens is 1. The lowest BCUT2D eigenvalue weighted by Crippen LogP contribution is -2.28.